The minimum Gasteiger partial charge on any atom is -0.344 e. The van der Waals surface area contributed by atoms with Crippen molar-refractivity contribution in [2.24, 2.45) is 0 Å². The summed E-state index contributed by atoms with van der Waals surface area (Å²) in [6.45, 7) is 0. The number of nitrogens with one attached hydrogen (secondary N) is 1. The largest absolute Gasteiger partial charge is 0.344 e. The molecule has 0 fully saturated rings. The summed E-state index contributed by atoms with van der Waals surface area (Å²) in [5.74, 6) is 0.323. The van der Waals surface area contributed by atoms with Crippen molar-refractivity contribution in [2.45, 2.75) is 30.3 Å². The molecule has 0 radical (unpaired) electrons. The average Bonchev–Trinajstić information content (AvgIpc) is 3.38. The van der Waals surface area contributed by atoms with Gasteiger partial charge in [-0.3, -0.25) is 4.79 Å². The van der Waals surface area contributed by atoms with Crippen LogP contribution in [0.1, 0.15) is 34.0 Å². The van der Waals surface area contributed by atoms with Gasteiger partial charge in [-0.15, -0.1) is 11.3 Å². The molecule has 2 aromatic heterocycles. The molecule has 1 aliphatic rings. The van der Waals surface area contributed by atoms with Gasteiger partial charge in [0.05, 0.1) is 11.8 Å². The number of aryl methyl sites for hydroxylation is 2. The van der Waals surface area contributed by atoms with Crippen molar-refractivity contribution >= 4 is 39.2 Å². The van der Waals surface area contributed by atoms with Crippen molar-refractivity contribution in [2.75, 3.05) is 5.75 Å². The maximum atomic E-state index is 12.9. The predicted molar refractivity (Wildman–Crippen MR) is 123 cm³/mol. The third kappa shape index (κ3) is 3.85. The molecule has 1 N–H and O–H groups in total. The van der Waals surface area contributed by atoms with E-state index in [-0.39, 0.29) is 11.9 Å². The van der Waals surface area contributed by atoms with Crippen molar-refractivity contribution in [3.05, 3.63) is 88.6 Å². The number of amides is 1. The third-order valence-electron chi connectivity index (χ3n) is 5.38. The number of aromatic nitrogens is 2. The van der Waals surface area contributed by atoms with E-state index in [0.717, 1.165) is 39.2 Å². The first kappa shape index (κ1) is 19.3. The molecule has 0 unspecified atom stereocenters. The Morgan fingerprint density at radius 3 is 2.40 bits per heavy atom. The van der Waals surface area contributed by atoms with Gasteiger partial charge in [-0.05, 0) is 36.0 Å². The molecule has 5 rings (SSSR count). The van der Waals surface area contributed by atoms with E-state index in [1.807, 2.05) is 60.7 Å². The van der Waals surface area contributed by atoms with E-state index in [2.05, 4.69) is 15.3 Å². The smallest absolute Gasteiger partial charge is 0.231 e. The van der Waals surface area contributed by atoms with E-state index in [9.17, 15) is 4.79 Å². The summed E-state index contributed by atoms with van der Waals surface area (Å²) >= 11 is 3.28. The highest BCUT2D eigenvalue weighted by atomic mass is 32.2. The van der Waals surface area contributed by atoms with Gasteiger partial charge in [0.15, 0.2) is 0 Å². The molecule has 0 atom stereocenters. The summed E-state index contributed by atoms with van der Waals surface area (Å²) in [7, 11) is 0. The van der Waals surface area contributed by atoms with Gasteiger partial charge >= 0.3 is 0 Å². The lowest BCUT2D eigenvalue weighted by Gasteiger charge is -2.20. The van der Waals surface area contributed by atoms with Crippen LogP contribution in [-0.4, -0.2) is 21.6 Å². The van der Waals surface area contributed by atoms with Gasteiger partial charge in [-0.25, -0.2) is 9.97 Å². The molecule has 1 aliphatic carbocycles. The molecular formula is C24H21N3OS2. The normalized spacial score (nSPS) is 13.0. The van der Waals surface area contributed by atoms with Crippen molar-refractivity contribution in [3.8, 4) is 0 Å². The van der Waals surface area contributed by atoms with Crippen LogP contribution in [0.25, 0.3) is 10.2 Å². The van der Waals surface area contributed by atoms with Crippen molar-refractivity contribution in [1.29, 1.82) is 0 Å². The summed E-state index contributed by atoms with van der Waals surface area (Å²) < 4.78 is 0. The van der Waals surface area contributed by atoms with Crippen LogP contribution >= 0.6 is 23.1 Å². The van der Waals surface area contributed by atoms with E-state index in [1.165, 1.54) is 28.6 Å². The van der Waals surface area contributed by atoms with Crippen LogP contribution in [0.15, 0.2) is 72.0 Å². The summed E-state index contributed by atoms with van der Waals surface area (Å²) in [5.41, 5.74) is 3.54. The second-order valence-electron chi connectivity index (χ2n) is 7.33. The zero-order valence-electron chi connectivity index (χ0n) is 16.4. The predicted octanol–water partition coefficient (Wildman–Crippen LogP) is 5.18. The lowest BCUT2D eigenvalue weighted by molar-refractivity contribution is -0.119. The molecule has 4 nitrogen and oxygen atoms in total. The van der Waals surface area contributed by atoms with Gasteiger partial charge in [0.2, 0.25) is 5.91 Å². The van der Waals surface area contributed by atoms with Crippen LogP contribution in [0.3, 0.4) is 0 Å². The summed E-state index contributed by atoms with van der Waals surface area (Å²) in [5, 5.41) is 5.30. The van der Waals surface area contributed by atoms with E-state index >= 15 is 0 Å². The number of benzene rings is 2. The topological polar surface area (TPSA) is 54.9 Å². The molecule has 0 aliphatic heterocycles. The minimum absolute atomic E-state index is 0.00339. The molecular weight excluding hydrogens is 410 g/mol. The second kappa shape index (κ2) is 8.58. The Morgan fingerprint density at radius 2 is 1.70 bits per heavy atom. The fourth-order valence-electron chi connectivity index (χ4n) is 4.00. The van der Waals surface area contributed by atoms with Crippen LogP contribution in [0, 0.1) is 0 Å². The van der Waals surface area contributed by atoms with E-state index in [0.29, 0.717) is 5.75 Å². The van der Waals surface area contributed by atoms with Crippen molar-refractivity contribution < 1.29 is 4.79 Å². The fourth-order valence-corrected chi connectivity index (χ4v) is 6.13. The first-order chi connectivity index (χ1) is 14.8. The Bertz CT molecular complexity index is 1140. The molecule has 30 heavy (non-hydrogen) atoms. The molecule has 0 saturated carbocycles. The molecule has 0 spiro atoms. The molecule has 150 valence electrons. The fraction of sp³-hybridized carbons (Fsp3) is 0.208. The Balaban J connectivity index is 1.35. The molecule has 0 saturated heterocycles. The summed E-state index contributed by atoms with van der Waals surface area (Å²) in [6.07, 6.45) is 5.04. The molecule has 2 heterocycles. The zero-order chi connectivity index (χ0) is 20.3. The second-order valence-corrected chi connectivity index (χ2v) is 9.37. The summed E-state index contributed by atoms with van der Waals surface area (Å²) in [4.78, 5) is 24.3. The van der Waals surface area contributed by atoms with Crippen LogP contribution in [0.4, 0.5) is 0 Å². The first-order valence-electron chi connectivity index (χ1n) is 10.1. The Labute approximate surface area is 183 Å². The van der Waals surface area contributed by atoms with E-state index < -0.39 is 0 Å². The number of hydrogen-bond acceptors (Lipinski definition) is 5. The number of rotatable bonds is 6. The Morgan fingerprint density at radius 1 is 1.00 bits per heavy atom. The van der Waals surface area contributed by atoms with Gasteiger partial charge in [0.25, 0.3) is 0 Å². The number of carbonyl (C=O) groups is 1. The van der Waals surface area contributed by atoms with Gasteiger partial charge in [-0.2, -0.15) is 0 Å². The third-order valence-corrected chi connectivity index (χ3v) is 7.57. The Hall–Kier alpha value is -2.70. The summed E-state index contributed by atoms with van der Waals surface area (Å²) in [6, 6.07) is 20.0. The Kier molecular flexibility index (Phi) is 5.51. The highest BCUT2D eigenvalue weighted by molar-refractivity contribution is 8.00. The maximum absolute atomic E-state index is 12.9. The molecule has 2 aromatic carbocycles. The number of carbonyl (C=O) groups excluding carboxylic acids is 1. The van der Waals surface area contributed by atoms with Gasteiger partial charge in [-0.1, -0.05) is 72.4 Å². The van der Waals surface area contributed by atoms with Crippen molar-refractivity contribution in [1.82, 2.24) is 15.3 Å². The van der Waals surface area contributed by atoms with E-state index in [1.54, 1.807) is 17.7 Å². The zero-order valence-corrected chi connectivity index (χ0v) is 18.0. The first-order valence-corrected chi connectivity index (χ1v) is 11.9. The van der Waals surface area contributed by atoms with Crippen LogP contribution in [0.5, 0.6) is 0 Å². The highest BCUT2D eigenvalue weighted by Crippen LogP contribution is 2.40. The van der Waals surface area contributed by atoms with E-state index in [4.69, 9.17) is 0 Å². The number of thiophene rings is 1. The lowest BCUT2D eigenvalue weighted by atomic mass is 9.99. The number of nitrogens with zero attached hydrogens (tertiary/aromatic N) is 2. The molecule has 6 heteroatoms. The highest BCUT2D eigenvalue weighted by Gasteiger charge is 2.22. The minimum atomic E-state index is -0.170. The van der Waals surface area contributed by atoms with Crippen LogP contribution < -0.4 is 5.32 Å². The van der Waals surface area contributed by atoms with Gasteiger partial charge < -0.3 is 5.32 Å². The maximum Gasteiger partial charge on any atom is 0.231 e. The van der Waals surface area contributed by atoms with Gasteiger partial charge in [0.1, 0.15) is 16.2 Å². The van der Waals surface area contributed by atoms with Gasteiger partial charge in [0, 0.05) is 10.3 Å². The van der Waals surface area contributed by atoms with Crippen LogP contribution in [0.2, 0.25) is 0 Å². The van der Waals surface area contributed by atoms with Crippen molar-refractivity contribution in [3.63, 3.8) is 0 Å². The molecule has 4 aromatic rings. The monoisotopic (exact) mass is 431 g/mol. The SMILES string of the molecule is O=C(CSc1ncnc2sc3c(c12)CCC3)NC(c1ccccc1)c1ccccc1. The molecule has 0 bridgehead atoms. The number of fused-ring (bicyclic) bond motifs is 3. The quantitative estimate of drug-likeness (QED) is 0.338. The number of thioether (sulfide) groups is 1. The standard InChI is InChI=1S/C24H21N3OS2/c28-20(27-22(16-8-3-1-4-9-16)17-10-5-2-6-11-17)14-29-23-21-18-12-7-13-19(18)30-24(21)26-15-25-23/h1-6,8-11,15,22H,7,12-14H2,(H,27,28). The average molecular weight is 432 g/mol. The van der Waals surface area contributed by atoms with Crippen LogP contribution in [-0.2, 0) is 17.6 Å². The molecule has 1 amide bonds. The lowest BCUT2D eigenvalue weighted by Crippen LogP contribution is -2.30. The number of hydrogen-bond donors (Lipinski definition) is 1.